The average Bonchev–Trinajstić information content (AvgIpc) is 3.25. The topological polar surface area (TPSA) is 398 Å². The summed E-state index contributed by atoms with van der Waals surface area (Å²) in [4.78, 5) is 170. The fraction of sp³-hybridized carbons (Fsp3) is 0.667. The molecule has 0 aliphatic heterocycles. The van der Waals surface area contributed by atoms with E-state index in [0.29, 0.717) is 12.8 Å². The molecular formula is C42H62N4O26. The Morgan fingerprint density at radius 1 is 0.306 bits per heavy atom. The summed E-state index contributed by atoms with van der Waals surface area (Å²) in [6, 6.07) is -1.43. The van der Waals surface area contributed by atoms with Crippen LogP contribution in [0.3, 0.4) is 0 Å². The number of hydrogen-bond acceptors (Lipinski definition) is 26. The van der Waals surface area contributed by atoms with E-state index in [1.165, 1.54) is 0 Å². The Labute approximate surface area is 412 Å². The summed E-state index contributed by atoms with van der Waals surface area (Å²) in [6.07, 6.45) is -14.8. The Bertz CT molecular complexity index is 1790. The van der Waals surface area contributed by atoms with Crippen LogP contribution in [0.2, 0.25) is 0 Å². The van der Waals surface area contributed by atoms with E-state index in [2.05, 4.69) is 21.3 Å². The van der Waals surface area contributed by atoms with Crippen molar-refractivity contribution in [3.63, 3.8) is 0 Å². The SMILES string of the molecule is CC(=O)OC[C@@H](OC(C)=O)[C@@H](OC(C)=O)[C@H](OC(C)=O)[C@@H](OC(C)=O)C(=O)OCCNC(=O)NCCCCNC(=O)NCCOC(=O)[C@H](OC(C)=O)[C@@H](OC(C)=O)[C@H](OC(C)=O)[C@@H](COC(C)=O)OC(C)=O. The smallest absolute Gasteiger partial charge is 0.351 e. The molecule has 0 aliphatic rings. The molecule has 30 heteroatoms. The van der Waals surface area contributed by atoms with Crippen molar-refractivity contribution >= 4 is 83.7 Å². The number of nitrogens with one attached hydrogen (secondary N) is 4. The van der Waals surface area contributed by atoms with Crippen molar-refractivity contribution < 1.29 is 124 Å². The van der Waals surface area contributed by atoms with Gasteiger partial charge in [-0.15, -0.1) is 0 Å². The minimum absolute atomic E-state index is 0.0966. The number of hydrogen-bond donors (Lipinski definition) is 4. The van der Waals surface area contributed by atoms with Crippen LogP contribution in [-0.4, -0.2) is 185 Å². The minimum atomic E-state index is -2.14. The molecule has 8 atom stereocenters. The molecule has 0 spiro atoms. The lowest BCUT2D eigenvalue weighted by atomic mass is 10.0. The van der Waals surface area contributed by atoms with Crippen LogP contribution in [0, 0.1) is 0 Å². The fourth-order valence-electron chi connectivity index (χ4n) is 5.73. The first-order valence-electron chi connectivity index (χ1n) is 21.7. The third kappa shape index (κ3) is 29.3. The van der Waals surface area contributed by atoms with E-state index >= 15 is 0 Å². The van der Waals surface area contributed by atoms with Gasteiger partial charge >= 0.3 is 83.7 Å². The van der Waals surface area contributed by atoms with Crippen molar-refractivity contribution in [2.24, 2.45) is 0 Å². The van der Waals surface area contributed by atoms with Gasteiger partial charge in [0, 0.05) is 82.3 Å². The molecule has 406 valence electrons. The van der Waals surface area contributed by atoms with Crippen LogP contribution in [0.15, 0.2) is 0 Å². The lowest BCUT2D eigenvalue weighted by molar-refractivity contribution is -0.208. The van der Waals surface area contributed by atoms with Gasteiger partial charge in [-0.05, 0) is 12.8 Å². The number of carbonyl (C=O) groups excluding carboxylic acids is 14. The molecule has 0 saturated carbocycles. The van der Waals surface area contributed by atoms with Gasteiger partial charge in [0.2, 0.25) is 12.2 Å². The second-order valence-corrected chi connectivity index (χ2v) is 14.7. The number of unbranched alkanes of at least 4 members (excludes halogenated alkanes) is 1. The first-order chi connectivity index (χ1) is 33.6. The highest BCUT2D eigenvalue weighted by atomic mass is 16.7. The predicted octanol–water partition coefficient (Wildman–Crippen LogP) is -1.97. The van der Waals surface area contributed by atoms with Crippen molar-refractivity contribution in [3.8, 4) is 0 Å². The van der Waals surface area contributed by atoms with Gasteiger partial charge in [0.15, 0.2) is 36.6 Å². The van der Waals surface area contributed by atoms with Gasteiger partial charge in [-0.25, -0.2) is 19.2 Å². The molecule has 72 heavy (non-hydrogen) atoms. The number of urea groups is 2. The zero-order valence-electron chi connectivity index (χ0n) is 41.3. The molecule has 0 fully saturated rings. The van der Waals surface area contributed by atoms with E-state index in [0.717, 1.165) is 69.2 Å². The maximum absolute atomic E-state index is 13.2. The molecule has 30 nitrogen and oxygen atoms in total. The van der Waals surface area contributed by atoms with E-state index in [4.69, 9.17) is 56.8 Å². The van der Waals surface area contributed by atoms with E-state index in [-0.39, 0.29) is 26.2 Å². The van der Waals surface area contributed by atoms with Crippen molar-refractivity contribution in [3.05, 3.63) is 0 Å². The average molecular weight is 1040 g/mol. The second kappa shape index (κ2) is 34.5. The van der Waals surface area contributed by atoms with Crippen molar-refractivity contribution in [1.82, 2.24) is 21.3 Å². The van der Waals surface area contributed by atoms with Gasteiger partial charge in [-0.1, -0.05) is 0 Å². The summed E-state index contributed by atoms with van der Waals surface area (Å²) >= 11 is 0. The van der Waals surface area contributed by atoms with Crippen LogP contribution in [-0.2, 0) is 114 Å². The van der Waals surface area contributed by atoms with Gasteiger partial charge < -0.3 is 78.1 Å². The number of esters is 12. The lowest BCUT2D eigenvalue weighted by Crippen LogP contribution is -2.55. The van der Waals surface area contributed by atoms with Crippen molar-refractivity contribution in [1.29, 1.82) is 0 Å². The van der Waals surface area contributed by atoms with Gasteiger partial charge in [0.1, 0.15) is 26.4 Å². The molecule has 0 heterocycles. The summed E-state index contributed by atoms with van der Waals surface area (Å²) in [5.74, 6) is -12.7. The molecule has 4 N–H and O–H groups in total. The van der Waals surface area contributed by atoms with Gasteiger partial charge in [0.05, 0.1) is 13.1 Å². The van der Waals surface area contributed by atoms with Crippen LogP contribution >= 0.6 is 0 Å². The van der Waals surface area contributed by atoms with Crippen LogP contribution < -0.4 is 21.3 Å². The molecule has 0 aliphatic carbocycles. The van der Waals surface area contributed by atoms with E-state index in [1.54, 1.807) is 0 Å². The molecule has 0 bridgehead atoms. The molecule has 0 aromatic rings. The summed E-state index contributed by atoms with van der Waals surface area (Å²) in [5.41, 5.74) is 0. The number of carbonyl (C=O) groups is 14. The standard InChI is InChI=1S/C42H62N4O26/c1-21(47)63-19-31(65-23(3)49)33(67-25(5)51)35(69-27(7)53)37(71-29(9)55)39(57)61-17-15-45-41(59)43-13-11-12-14-44-42(60)46-16-18-62-40(58)38(72-30(10)56)36(70-28(8)54)34(68-26(6)52)32(66-24(4)50)20-64-22(2)48/h31-38H,11-20H2,1-10H3,(H2,43,45,59)(H2,44,46,60)/t31-,32-,33-,34-,35+,36+,37-,38-/m1/s1. The van der Waals surface area contributed by atoms with E-state index in [1.807, 2.05) is 0 Å². The summed E-state index contributed by atoms with van der Waals surface area (Å²) in [6.45, 7) is 6.41. The highest BCUT2D eigenvalue weighted by Crippen LogP contribution is 2.23. The number of rotatable bonds is 31. The Kier molecular flexibility index (Phi) is 30.7. The molecular weight excluding hydrogens is 976 g/mol. The maximum Gasteiger partial charge on any atom is 0.351 e. The summed E-state index contributed by atoms with van der Waals surface area (Å²) < 4.78 is 61.2. The Morgan fingerprint density at radius 3 is 0.833 bits per heavy atom. The zero-order chi connectivity index (χ0) is 55.1. The summed E-state index contributed by atoms with van der Waals surface area (Å²) in [7, 11) is 0. The summed E-state index contributed by atoms with van der Waals surface area (Å²) in [5, 5.41) is 9.82. The van der Waals surface area contributed by atoms with Crippen molar-refractivity contribution in [2.45, 2.75) is 131 Å². The molecule has 0 unspecified atom stereocenters. The normalized spacial score (nSPS) is 13.8. The Morgan fingerprint density at radius 2 is 0.569 bits per heavy atom. The number of amides is 4. The first kappa shape index (κ1) is 64.2. The second-order valence-electron chi connectivity index (χ2n) is 14.7. The van der Waals surface area contributed by atoms with Crippen LogP contribution in [0.4, 0.5) is 9.59 Å². The largest absolute Gasteiger partial charge is 0.462 e. The van der Waals surface area contributed by atoms with E-state index < -0.39 is 159 Å². The molecule has 4 amide bonds. The molecule has 0 aromatic carbocycles. The maximum atomic E-state index is 13.2. The highest BCUT2D eigenvalue weighted by molar-refractivity contribution is 5.82. The molecule has 0 rings (SSSR count). The van der Waals surface area contributed by atoms with Crippen molar-refractivity contribution in [2.75, 3.05) is 52.6 Å². The van der Waals surface area contributed by atoms with Gasteiger partial charge in [-0.2, -0.15) is 0 Å². The molecule has 0 aromatic heterocycles. The van der Waals surface area contributed by atoms with E-state index in [9.17, 15) is 67.1 Å². The zero-order valence-corrected chi connectivity index (χ0v) is 41.3. The Hall–Kier alpha value is -7.82. The molecule has 0 saturated heterocycles. The quantitative estimate of drug-likeness (QED) is 0.0332. The third-order valence-corrected chi connectivity index (χ3v) is 8.21. The Balaban J connectivity index is 5.31. The minimum Gasteiger partial charge on any atom is -0.462 e. The first-order valence-corrected chi connectivity index (χ1v) is 21.7. The van der Waals surface area contributed by atoms with Gasteiger partial charge in [-0.3, -0.25) is 47.9 Å². The lowest BCUT2D eigenvalue weighted by Gasteiger charge is -2.34. The predicted molar refractivity (Wildman–Crippen MR) is 232 cm³/mol. The van der Waals surface area contributed by atoms with Crippen LogP contribution in [0.5, 0.6) is 0 Å². The number of ether oxygens (including phenoxy) is 12. The van der Waals surface area contributed by atoms with Crippen LogP contribution in [0.1, 0.15) is 82.1 Å². The van der Waals surface area contributed by atoms with Crippen LogP contribution in [0.25, 0.3) is 0 Å². The fourth-order valence-corrected chi connectivity index (χ4v) is 5.73. The van der Waals surface area contributed by atoms with Gasteiger partial charge in [0.25, 0.3) is 0 Å². The highest BCUT2D eigenvalue weighted by Gasteiger charge is 2.49. The monoisotopic (exact) mass is 1040 g/mol. The molecule has 0 radical (unpaired) electrons. The third-order valence-electron chi connectivity index (χ3n) is 8.21.